The van der Waals surface area contributed by atoms with Crippen LogP contribution in [0.4, 0.5) is 0 Å². The standard InChI is InChI=1S/C10H17NO/c1-6(2)10(12)9-8-4-7(8)5-11(9)3/h6-9H,4-5H2,1-3H3/t7-,8-,9+/m1/s1. The van der Waals surface area contributed by atoms with E-state index in [4.69, 9.17) is 0 Å². The van der Waals surface area contributed by atoms with E-state index in [1.54, 1.807) is 0 Å². The molecule has 0 radical (unpaired) electrons. The first-order chi connectivity index (χ1) is 5.61. The van der Waals surface area contributed by atoms with Crippen LogP contribution >= 0.6 is 0 Å². The fraction of sp³-hybridized carbons (Fsp3) is 0.900. The van der Waals surface area contributed by atoms with E-state index in [9.17, 15) is 4.79 Å². The summed E-state index contributed by atoms with van der Waals surface area (Å²) in [7, 11) is 2.08. The summed E-state index contributed by atoms with van der Waals surface area (Å²) in [5.74, 6) is 2.21. The lowest BCUT2D eigenvalue weighted by atomic mass is 9.98. The maximum absolute atomic E-state index is 11.8. The molecule has 1 heterocycles. The molecule has 2 heteroatoms. The van der Waals surface area contributed by atoms with Gasteiger partial charge in [0.15, 0.2) is 5.78 Å². The van der Waals surface area contributed by atoms with Gasteiger partial charge in [0.25, 0.3) is 0 Å². The molecule has 1 saturated carbocycles. The van der Waals surface area contributed by atoms with Crippen LogP contribution in [0.15, 0.2) is 0 Å². The highest BCUT2D eigenvalue weighted by atomic mass is 16.1. The second-order valence-corrected chi connectivity index (χ2v) is 4.60. The van der Waals surface area contributed by atoms with Gasteiger partial charge in [0, 0.05) is 12.5 Å². The van der Waals surface area contributed by atoms with Gasteiger partial charge in [-0.15, -0.1) is 0 Å². The van der Waals surface area contributed by atoms with Crippen molar-refractivity contribution in [2.24, 2.45) is 17.8 Å². The first-order valence-corrected chi connectivity index (χ1v) is 4.85. The number of nitrogens with zero attached hydrogens (tertiary/aromatic N) is 1. The average molecular weight is 167 g/mol. The summed E-state index contributed by atoms with van der Waals surface area (Å²) >= 11 is 0. The zero-order valence-corrected chi connectivity index (χ0v) is 8.08. The highest BCUT2D eigenvalue weighted by Gasteiger charge is 2.53. The van der Waals surface area contributed by atoms with E-state index in [0.29, 0.717) is 11.7 Å². The van der Waals surface area contributed by atoms with Gasteiger partial charge in [0.2, 0.25) is 0 Å². The molecule has 3 atom stereocenters. The van der Waals surface area contributed by atoms with E-state index in [1.807, 2.05) is 13.8 Å². The Hall–Kier alpha value is -0.370. The van der Waals surface area contributed by atoms with E-state index in [0.717, 1.165) is 12.5 Å². The van der Waals surface area contributed by atoms with Crippen LogP contribution in [-0.4, -0.2) is 30.3 Å². The molecule has 68 valence electrons. The van der Waals surface area contributed by atoms with Gasteiger partial charge in [0.1, 0.15) is 0 Å². The molecule has 0 aromatic rings. The monoisotopic (exact) mass is 167 g/mol. The van der Waals surface area contributed by atoms with Crippen molar-refractivity contribution >= 4 is 5.78 Å². The highest BCUT2D eigenvalue weighted by molar-refractivity contribution is 5.86. The molecular weight excluding hydrogens is 150 g/mol. The Kier molecular flexibility index (Phi) is 1.76. The van der Waals surface area contributed by atoms with Crippen LogP contribution in [0.3, 0.4) is 0 Å². The summed E-state index contributed by atoms with van der Waals surface area (Å²) in [5.41, 5.74) is 0. The predicted molar refractivity (Wildman–Crippen MR) is 47.9 cm³/mol. The summed E-state index contributed by atoms with van der Waals surface area (Å²) in [6, 6.07) is 0.259. The number of carbonyl (C=O) groups excluding carboxylic acids is 1. The van der Waals surface area contributed by atoms with Crippen LogP contribution in [0.1, 0.15) is 20.3 Å². The first kappa shape index (κ1) is 8.24. The van der Waals surface area contributed by atoms with Crippen molar-refractivity contribution in [3.05, 3.63) is 0 Å². The van der Waals surface area contributed by atoms with Crippen LogP contribution in [0.25, 0.3) is 0 Å². The summed E-state index contributed by atoms with van der Waals surface area (Å²) in [6.07, 6.45) is 1.30. The summed E-state index contributed by atoms with van der Waals surface area (Å²) < 4.78 is 0. The van der Waals surface area contributed by atoms with Crippen molar-refractivity contribution in [3.8, 4) is 0 Å². The minimum atomic E-state index is 0.205. The number of Topliss-reactive ketones (excluding diaryl/α,β-unsaturated/α-hetero) is 1. The Morgan fingerprint density at radius 1 is 1.50 bits per heavy atom. The Morgan fingerprint density at radius 2 is 2.17 bits per heavy atom. The summed E-state index contributed by atoms with van der Waals surface area (Å²) in [6.45, 7) is 5.16. The molecule has 1 saturated heterocycles. The fourth-order valence-electron chi connectivity index (χ4n) is 2.45. The molecule has 12 heavy (non-hydrogen) atoms. The second kappa shape index (κ2) is 2.56. The lowest BCUT2D eigenvalue weighted by molar-refractivity contribution is -0.126. The summed E-state index contributed by atoms with van der Waals surface area (Å²) in [5, 5.41) is 0. The molecular formula is C10H17NO. The van der Waals surface area contributed by atoms with Crippen molar-refractivity contribution in [2.75, 3.05) is 13.6 Å². The minimum absolute atomic E-state index is 0.205. The van der Waals surface area contributed by atoms with Gasteiger partial charge in [-0.25, -0.2) is 0 Å². The topological polar surface area (TPSA) is 20.3 Å². The SMILES string of the molecule is CC(C)C(=O)[C@@H]1[C@@H]2C[C@@H]2CN1C. The highest BCUT2D eigenvalue weighted by Crippen LogP contribution is 2.49. The third kappa shape index (κ3) is 1.09. The molecule has 2 fully saturated rings. The molecule has 0 unspecified atom stereocenters. The maximum Gasteiger partial charge on any atom is 0.152 e. The van der Waals surface area contributed by atoms with Gasteiger partial charge in [-0.1, -0.05) is 13.8 Å². The van der Waals surface area contributed by atoms with Gasteiger partial charge in [0.05, 0.1) is 6.04 Å². The maximum atomic E-state index is 11.8. The smallest absolute Gasteiger partial charge is 0.152 e. The average Bonchev–Trinajstić information content (AvgIpc) is 2.62. The number of fused-ring (bicyclic) bond motifs is 1. The van der Waals surface area contributed by atoms with Crippen LogP contribution in [0.2, 0.25) is 0 Å². The Balaban J connectivity index is 2.07. The molecule has 0 N–H and O–H groups in total. The molecule has 0 amide bonds. The summed E-state index contributed by atoms with van der Waals surface area (Å²) in [4.78, 5) is 14.0. The Labute approximate surface area is 73.9 Å². The second-order valence-electron chi connectivity index (χ2n) is 4.60. The lowest BCUT2D eigenvalue weighted by Gasteiger charge is -2.22. The number of carbonyl (C=O) groups is 1. The van der Waals surface area contributed by atoms with Gasteiger partial charge >= 0.3 is 0 Å². The van der Waals surface area contributed by atoms with Crippen molar-refractivity contribution in [1.29, 1.82) is 0 Å². The van der Waals surface area contributed by atoms with E-state index < -0.39 is 0 Å². The van der Waals surface area contributed by atoms with E-state index >= 15 is 0 Å². The molecule has 0 aromatic carbocycles. The van der Waals surface area contributed by atoms with Gasteiger partial charge < -0.3 is 0 Å². The third-order valence-corrected chi connectivity index (χ3v) is 3.24. The Morgan fingerprint density at radius 3 is 2.58 bits per heavy atom. The third-order valence-electron chi connectivity index (χ3n) is 3.24. The molecule has 0 aromatic heterocycles. The molecule has 0 spiro atoms. The number of hydrogen-bond donors (Lipinski definition) is 0. The van der Waals surface area contributed by atoms with E-state index in [-0.39, 0.29) is 12.0 Å². The number of piperidine rings is 1. The van der Waals surface area contributed by atoms with Crippen LogP contribution in [-0.2, 0) is 4.79 Å². The molecule has 2 nitrogen and oxygen atoms in total. The molecule has 1 aliphatic carbocycles. The van der Waals surface area contributed by atoms with Crippen LogP contribution in [0.5, 0.6) is 0 Å². The van der Waals surface area contributed by atoms with Crippen LogP contribution < -0.4 is 0 Å². The number of likely N-dealkylation sites (tertiary alicyclic amines) is 1. The molecule has 0 bridgehead atoms. The minimum Gasteiger partial charge on any atom is -0.298 e. The fourth-order valence-corrected chi connectivity index (χ4v) is 2.45. The quantitative estimate of drug-likeness (QED) is 0.615. The number of rotatable bonds is 2. The number of ketones is 1. The van der Waals surface area contributed by atoms with E-state index in [1.165, 1.54) is 6.42 Å². The van der Waals surface area contributed by atoms with E-state index in [2.05, 4.69) is 11.9 Å². The van der Waals surface area contributed by atoms with Crippen molar-refractivity contribution < 1.29 is 4.79 Å². The Bertz CT molecular complexity index is 210. The molecule has 1 aliphatic heterocycles. The molecule has 2 aliphatic rings. The first-order valence-electron chi connectivity index (χ1n) is 4.85. The van der Waals surface area contributed by atoms with Gasteiger partial charge in [-0.2, -0.15) is 0 Å². The predicted octanol–water partition coefficient (Wildman–Crippen LogP) is 1.16. The number of likely N-dealkylation sites (N-methyl/N-ethyl adjacent to an activating group) is 1. The number of hydrogen-bond acceptors (Lipinski definition) is 2. The van der Waals surface area contributed by atoms with Crippen LogP contribution in [0, 0.1) is 17.8 Å². The van der Waals surface area contributed by atoms with Gasteiger partial charge in [-0.05, 0) is 25.3 Å². The largest absolute Gasteiger partial charge is 0.298 e. The van der Waals surface area contributed by atoms with Crippen molar-refractivity contribution in [3.63, 3.8) is 0 Å². The van der Waals surface area contributed by atoms with Crippen molar-refractivity contribution in [2.45, 2.75) is 26.3 Å². The molecule has 2 rings (SSSR count). The normalized spacial score (nSPS) is 40.2. The lowest BCUT2D eigenvalue weighted by Crippen LogP contribution is -2.38. The van der Waals surface area contributed by atoms with Gasteiger partial charge in [-0.3, -0.25) is 9.69 Å². The van der Waals surface area contributed by atoms with Crippen molar-refractivity contribution in [1.82, 2.24) is 4.90 Å². The zero-order valence-electron chi connectivity index (χ0n) is 8.08. The zero-order chi connectivity index (χ0) is 8.88.